The van der Waals surface area contributed by atoms with Crippen molar-refractivity contribution in [3.8, 4) is 0 Å². The molecule has 0 amide bonds. The Morgan fingerprint density at radius 2 is 2.10 bits per heavy atom. The lowest BCUT2D eigenvalue weighted by Crippen LogP contribution is -2.53. The molecule has 0 bridgehead atoms. The van der Waals surface area contributed by atoms with Crippen molar-refractivity contribution in [3.63, 3.8) is 0 Å². The fraction of sp³-hybridized carbons (Fsp3) is 0.417. The van der Waals surface area contributed by atoms with E-state index in [1.54, 1.807) is 4.52 Å². The van der Waals surface area contributed by atoms with E-state index in [9.17, 15) is 4.79 Å². The lowest BCUT2D eigenvalue weighted by molar-refractivity contribution is -0.148. The van der Waals surface area contributed by atoms with Crippen LogP contribution in [0.5, 0.6) is 0 Å². The molecule has 1 saturated carbocycles. The van der Waals surface area contributed by atoms with Crippen LogP contribution >= 0.6 is 0 Å². The highest BCUT2D eigenvalue weighted by molar-refractivity contribution is 6.18. The zero-order valence-corrected chi connectivity index (χ0v) is 17.4. The fourth-order valence-corrected chi connectivity index (χ4v) is 4.96. The van der Waals surface area contributed by atoms with E-state index in [1.807, 2.05) is 38.3 Å². The average molecular weight is 402 g/mol. The number of nitrogens with zero attached hydrogens (tertiary/aromatic N) is 3. The summed E-state index contributed by atoms with van der Waals surface area (Å²) < 4.78 is 7.85. The van der Waals surface area contributed by atoms with Crippen molar-refractivity contribution < 1.29 is 9.53 Å². The summed E-state index contributed by atoms with van der Waals surface area (Å²) in [6, 6.07) is 6.01. The van der Waals surface area contributed by atoms with Gasteiger partial charge in [0.2, 0.25) is 0 Å². The van der Waals surface area contributed by atoms with Gasteiger partial charge in [0.25, 0.3) is 0 Å². The van der Waals surface area contributed by atoms with Gasteiger partial charge >= 0.3 is 5.97 Å². The number of ether oxygens (including phenoxy) is 1. The van der Waals surface area contributed by atoms with E-state index >= 15 is 0 Å². The van der Waals surface area contributed by atoms with Gasteiger partial charge in [0.15, 0.2) is 0 Å². The van der Waals surface area contributed by atoms with Crippen LogP contribution in [-0.2, 0) is 9.53 Å². The van der Waals surface area contributed by atoms with Crippen molar-refractivity contribution in [2.24, 2.45) is 0 Å². The maximum atomic E-state index is 13.0. The second-order valence-corrected chi connectivity index (χ2v) is 9.37. The molecule has 0 radical (unpaired) electrons. The Morgan fingerprint density at radius 1 is 1.23 bits per heavy atom. The Bertz CT molecular complexity index is 1170. The Hall–Kier alpha value is -2.86. The van der Waals surface area contributed by atoms with E-state index in [1.165, 1.54) is 18.5 Å². The Labute approximate surface area is 175 Å². The normalized spacial score (nSPS) is 27.3. The van der Waals surface area contributed by atoms with Crippen molar-refractivity contribution in [2.45, 2.75) is 44.2 Å². The first kappa shape index (κ1) is 18.0. The number of fused-ring (bicyclic) bond motifs is 2. The Balaban J connectivity index is 1.34. The third-order valence-corrected chi connectivity index (χ3v) is 6.95. The molecule has 4 heterocycles. The van der Waals surface area contributed by atoms with Crippen molar-refractivity contribution in [1.29, 1.82) is 0 Å². The van der Waals surface area contributed by atoms with Crippen LogP contribution in [0.4, 0.5) is 0 Å². The molecule has 1 spiro atoms. The molecule has 6 rings (SSSR count). The number of allylic oxidation sites excluding steroid dienone is 2. The summed E-state index contributed by atoms with van der Waals surface area (Å²) in [5, 5.41) is 8.25. The van der Waals surface area contributed by atoms with Gasteiger partial charge in [-0.1, -0.05) is 6.08 Å². The minimum Gasteiger partial charge on any atom is -0.450 e. The molecule has 6 heteroatoms. The van der Waals surface area contributed by atoms with E-state index in [4.69, 9.17) is 4.74 Å². The molecule has 2 aliphatic carbocycles. The Kier molecular flexibility index (Phi) is 3.64. The minimum atomic E-state index is -0.623. The fourth-order valence-electron chi connectivity index (χ4n) is 4.96. The van der Waals surface area contributed by atoms with Crippen LogP contribution in [0.15, 0.2) is 53.9 Å². The van der Waals surface area contributed by atoms with E-state index in [2.05, 4.69) is 33.5 Å². The maximum absolute atomic E-state index is 13.0. The van der Waals surface area contributed by atoms with Gasteiger partial charge in [0.05, 0.1) is 11.1 Å². The molecule has 2 aromatic heterocycles. The van der Waals surface area contributed by atoms with Crippen molar-refractivity contribution in [2.75, 3.05) is 19.6 Å². The Morgan fingerprint density at radius 3 is 2.93 bits per heavy atom. The summed E-state index contributed by atoms with van der Waals surface area (Å²) in [4.78, 5) is 15.5. The largest absolute Gasteiger partial charge is 0.450 e. The molecule has 30 heavy (non-hydrogen) atoms. The maximum Gasteiger partial charge on any atom is 0.341 e. The molecular formula is C24H26N4O2. The van der Waals surface area contributed by atoms with Gasteiger partial charge < -0.3 is 15.0 Å². The van der Waals surface area contributed by atoms with E-state index in [-0.39, 0.29) is 5.97 Å². The molecule has 4 aliphatic rings. The van der Waals surface area contributed by atoms with Crippen LogP contribution < -0.4 is 5.32 Å². The number of rotatable bonds is 2. The first-order chi connectivity index (χ1) is 14.4. The number of pyridine rings is 1. The minimum absolute atomic E-state index is 0.296. The number of esters is 1. The smallest absolute Gasteiger partial charge is 0.341 e. The molecule has 1 unspecified atom stereocenters. The van der Waals surface area contributed by atoms with Gasteiger partial charge in [-0.25, -0.2) is 9.31 Å². The lowest BCUT2D eigenvalue weighted by atomic mass is 9.82. The van der Waals surface area contributed by atoms with Gasteiger partial charge in [-0.3, -0.25) is 0 Å². The monoisotopic (exact) mass is 402 g/mol. The van der Waals surface area contributed by atoms with Crippen molar-refractivity contribution in [3.05, 3.63) is 65.2 Å². The second kappa shape index (κ2) is 6.08. The van der Waals surface area contributed by atoms with Gasteiger partial charge in [0.1, 0.15) is 11.3 Å². The van der Waals surface area contributed by atoms with Crippen molar-refractivity contribution >= 4 is 17.1 Å². The summed E-state index contributed by atoms with van der Waals surface area (Å²) >= 11 is 0. The van der Waals surface area contributed by atoms with Crippen molar-refractivity contribution in [1.82, 2.24) is 19.8 Å². The molecular weight excluding hydrogens is 376 g/mol. The topological polar surface area (TPSA) is 58.9 Å². The quantitative estimate of drug-likeness (QED) is 0.783. The van der Waals surface area contributed by atoms with Gasteiger partial charge in [-0.15, -0.1) is 0 Å². The number of aromatic nitrogens is 2. The highest BCUT2D eigenvalue weighted by Crippen LogP contribution is 2.43. The number of carbonyl (C=O) groups is 1. The number of carbonyl (C=O) groups excluding carboxylic acids is 1. The summed E-state index contributed by atoms with van der Waals surface area (Å²) in [5.41, 5.74) is 5.31. The van der Waals surface area contributed by atoms with Crippen LogP contribution in [0.2, 0.25) is 0 Å². The standard InChI is InChI=1S/C24H26N4O2/c1-16-5-9-28-19(11-16)13-21(26-28)20-12-17-3-4-18(14-23(17,2)30-22(20)29)27-10-8-25-24(15-27)6-7-24/h3-5,9,11-13,25H,6-8,10,14-15H2,1-2H3. The molecule has 1 saturated heterocycles. The summed E-state index contributed by atoms with van der Waals surface area (Å²) in [6.45, 7) is 7.14. The summed E-state index contributed by atoms with van der Waals surface area (Å²) in [5.74, 6) is -0.296. The predicted octanol–water partition coefficient (Wildman–Crippen LogP) is 2.99. The van der Waals surface area contributed by atoms with Gasteiger partial charge in [-0.2, -0.15) is 5.10 Å². The van der Waals surface area contributed by atoms with Gasteiger partial charge in [0, 0.05) is 43.5 Å². The number of piperazine rings is 1. The third kappa shape index (κ3) is 2.82. The molecule has 1 N–H and O–H groups in total. The van der Waals surface area contributed by atoms with Crippen LogP contribution in [0.1, 0.15) is 37.4 Å². The van der Waals surface area contributed by atoms with E-state index in [0.29, 0.717) is 16.8 Å². The van der Waals surface area contributed by atoms with E-state index in [0.717, 1.165) is 42.7 Å². The lowest BCUT2D eigenvalue weighted by Gasteiger charge is -2.43. The SMILES string of the molecule is Cc1ccn2nc(C3=CC4=CC=C(N5CCNC6(CC6)C5)CC4(C)OC3=O)cc2c1. The van der Waals surface area contributed by atoms with Crippen LogP contribution in [0.3, 0.4) is 0 Å². The molecule has 2 aromatic rings. The molecule has 154 valence electrons. The van der Waals surface area contributed by atoms with E-state index < -0.39 is 5.60 Å². The highest BCUT2D eigenvalue weighted by Gasteiger charge is 2.47. The second-order valence-electron chi connectivity index (χ2n) is 9.37. The first-order valence-corrected chi connectivity index (χ1v) is 10.8. The zero-order chi connectivity index (χ0) is 20.5. The highest BCUT2D eigenvalue weighted by atomic mass is 16.6. The summed E-state index contributed by atoms with van der Waals surface area (Å²) in [7, 11) is 0. The number of nitrogens with one attached hydrogen (secondary N) is 1. The average Bonchev–Trinajstić information content (AvgIpc) is 3.31. The molecule has 2 fully saturated rings. The molecule has 6 nitrogen and oxygen atoms in total. The van der Waals surface area contributed by atoms with Crippen LogP contribution in [-0.4, -0.2) is 51.3 Å². The van der Waals surface area contributed by atoms with Gasteiger partial charge in [-0.05, 0) is 68.2 Å². The summed E-state index contributed by atoms with van der Waals surface area (Å²) in [6.07, 6.45) is 11.4. The molecule has 0 aromatic carbocycles. The molecule has 2 aliphatic heterocycles. The van der Waals surface area contributed by atoms with Crippen LogP contribution in [0, 0.1) is 6.92 Å². The predicted molar refractivity (Wildman–Crippen MR) is 115 cm³/mol. The number of hydrogen-bond donors (Lipinski definition) is 1. The molecule has 1 atom stereocenters. The number of aryl methyl sites for hydroxylation is 1. The number of hydrogen-bond acceptors (Lipinski definition) is 5. The zero-order valence-electron chi connectivity index (χ0n) is 17.4. The third-order valence-electron chi connectivity index (χ3n) is 6.95. The van der Waals surface area contributed by atoms with Crippen LogP contribution in [0.25, 0.3) is 11.1 Å². The first-order valence-electron chi connectivity index (χ1n) is 10.8.